The summed E-state index contributed by atoms with van der Waals surface area (Å²) in [6.07, 6.45) is 0. The van der Waals surface area contributed by atoms with Crippen LogP contribution in [0.4, 0.5) is 0 Å². The van der Waals surface area contributed by atoms with Crippen LogP contribution in [0.15, 0.2) is 48.5 Å². The molecule has 22 heavy (non-hydrogen) atoms. The Bertz CT molecular complexity index is 784. The van der Waals surface area contributed by atoms with Gasteiger partial charge in [-0.05, 0) is 36.4 Å². The first-order valence-electron chi connectivity index (χ1n) is 6.69. The van der Waals surface area contributed by atoms with Gasteiger partial charge in [0.2, 0.25) is 0 Å². The number of benzene rings is 2. The minimum absolute atomic E-state index is 0.207. The molecule has 0 fully saturated rings. The second-order valence-corrected chi connectivity index (χ2v) is 5.07. The summed E-state index contributed by atoms with van der Waals surface area (Å²) in [5, 5.41) is 18.4. The Morgan fingerprint density at radius 3 is 2.55 bits per heavy atom. The van der Waals surface area contributed by atoms with E-state index in [-0.39, 0.29) is 6.61 Å². The molecule has 1 heterocycles. The van der Waals surface area contributed by atoms with Crippen LogP contribution in [0.5, 0.6) is 5.75 Å². The molecule has 3 aromatic rings. The van der Waals surface area contributed by atoms with Crippen molar-refractivity contribution in [3.05, 3.63) is 59.2 Å². The molecule has 0 atom stereocenters. The molecular weight excluding hydrogens is 302 g/mol. The molecule has 0 unspecified atom stereocenters. The van der Waals surface area contributed by atoms with Gasteiger partial charge in [-0.25, -0.2) is 4.68 Å². The fourth-order valence-corrected chi connectivity index (χ4v) is 2.42. The van der Waals surface area contributed by atoms with Gasteiger partial charge in [-0.15, -0.1) is 5.10 Å². The van der Waals surface area contributed by atoms with E-state index in [2.05, 4.69) is 10.3 Å². The van der Waals surface area contributed by atoms with Gasteiger partial charge in [0.05, 0.1) is 19.4 Å². The Balaban J connectivity index is 2.22. The molecular formula is C16H14ClN3O2. The molecule has 2 aromatic carbocycles. The molecule has 0 saturated heterocycles. The van der Waals surface area contributed by atoms with Crippen molar-refractivity contribution in [1.82, 2.24) is 15.0 Å². The minimum Gasteiger partial charge on any atom is -0.496 e. The molecule has 0 aliphatic carbocycles. The molecule has 0 spiro atoms. The van der Waals surface area contributed by atoms with Crippen molar-refractivity contribution >= 4 is 11.6 Å². The zero-order valence-corrected chi connectivity index (χ0v) is 12.7. The van der Waals surface area contributed by atoms with Crippen molar-refractivity contribution in [3.63, 3.8) is 0 Å². The Hall–Kier alpha value is -2.37. The first-order chi connectivity index (χ1) is 10.7. The van der Waals surface area contributed by atoms with Crippen molar-refractivity contribution in [3.8, 4) is 22.7 Å². The number of rotatable bonds is 4. The predicted molar refractivity (Wildman–Crippen MR) is 84.3 cm³/mol. The van der Waals surface area contributed by atoms with Crippen molar-refractivity contribution in [2.75, 3.05) is 7.11 Å². The van der Waals surface area contributed by atoms with Gasteiger partial charge in [-0.1, -0.05) is 28.9 Å². The third-order valence-electron chi connectivity index (χ3n) is 3.32. The highest BCUT2D eigenvalue weighted by Crippen LogP contribution is 2.33. The largest absolute Gasteiger partial charge is 0.496 e. The van der Waals surface area contributed by atoms with Crippen LogP contribution < -0.4 is 4.74 Å². The summed E-state index contributed by atoms with van der Waals surface area (Å²) in [7, 11) is 1.61. The maximum absolute atomic E-state index is 9.57. The number of hydrogen-bond donors (Lipinski definition) is 1. The van der Waals surface area contributed by atoms with Gasteiger partial charge in [-0.2, -0.15) is 0 Å². The summed E-state index contributed by atoms with van der Waals surface area (Å²) in [4.78, 5) is 0. The number of aliphatic hydroxyl groups is 1. The van der Waals surface area contributed by atoms with Crippen LogP contribution in [0.1, 0.15) is 5.69 Å². The van der Waals surface area contributed by atoms with Crippen LogP contribution in [-0.2, 0) is 6.61 Å². The van der Waals surface area contributed by atoms with E-state index in [4.69, 9.17) is 16.3 Å². The Labute approximate surface area is 132 Å². The molecule has 6 heteroatoms. The minimum atomic E-state index is -0.207. The van der Waals surface area contributed by atoms with E-state index in [1.165, 1.54) is 0 Å². The monoisotopic (exact) mass is 315 g/mol. The zero-order valence-electron chi connectivity index (χ0n) is 11.9. The summed E-state index contributed by atoms with van der Waals surface area (Å²) >= 11 is 5.93. The summed E-state index contributed by atoms with van der Waals surface area (Å²) in [5.41, 5.74) is 2.80. The first kappa shape index (κ1) is 14.6. The molecule has 1 aromatic heterocycles. The summed E-state index contributed by atoms with van der Waals surface area (Å²) in [6, 6.07) is 14.8. The Morgan fingerprint density at radius 1 is 1.14 bits per heavy atom. The maximum atomic E-state index is 9.57. The van der Waals surface area contributed by atoms with Gasteiger partial charge in [0.1, 0.15) is 17.1 Å². The van der Waals surface area contributed by atoms with E-state index >= 15 is 0 Å². The topological polar surface area (TPSA) is 60.2 Å². The van der Waals surface area contributed by atoms with Crippen LogP contribution in [0.25, 0.3) is 16.9 Å². The van der Waals surface area contributed by atoms with E-state index in [0.29, 0.717) is 22.2 Å². The molecule has 5 nitrogen and oxygen atoms in total. The van der Waals surface area contributed by atoms with E-state index < -0.39 is 0 Å². The standard InChI is InChI=1S/C16H14ClN3O2/c1-22-15-5-3-2-4-13(15)16-14(10-21)18-19-20(16)12-8-6-11(17)7-9-12/h2-9,21H,10H2,1H3. The Morgan fingerprint density at radius 2 is 1.86 bits per heavy atom. The van der Waals surface area contributed by atoms with Crippen molar-refractivity contribution in [2.45, 2.75) is 6.61 Å². The average Bonchev–Trinajstić information content (AvgIpc) is 2.99. The van der Waals surface area contributed by atoms with Gasteiger partial charge in [-0.3, -0.25) is 0 Å². The molecule has 0 radical (unpaired) electrons. The first-order valence-corrected chi connectivity index (χ1v) is 7.07. The molecule has 0 aliphatic heterocycles. The number of nitrogens with zero attached hydrogens (tertiary/aromatic N) is 3. The molecule has 0 aliphatic rings. The SMILES string of the molecule is COc1ccccc1-c1c(CO)nnn1-c1ccc(Cl)cc1. The number of methoxy groups -OCH3 is 1. The lowest BCUT2D eigenvalue weighted by Crippen LogP contribution is -2.01. The van der Waals surface area contributed by atoms with E-state index in [1.54, 1.807) is 23.9 Å². The van der Waals surface area contributed by atoms with Gasteiger partial charge in [0, 0.05) is 10.6 Å². The second-order valence-electron chi connectivity index (χ2n) is 4.63. The lowest BCUT2D eigenvalue weighted by atomic mass is 10.1. The number of aromatic nitrogens is 3. The smallest absolute Gasteiger partial charge is 0.128 e. The predicted octanol–water partition coefficient (Wildman–Crippen LogP) is 3.09. The van der Waals surface area contributed by atoms with Gasteiger partial charge in [0.25, 0.3) is 0 Å². The number of aliphatic hydroxyl groups excluding tert-OH is 1. The molecule has 0 amide bonds. The lowest BCUT2D eigenvalue weighted by molar-refractivity contribution is 0.277. The van der Waals surface area contributed by atoms with Crippen molar-refractivity contribution in [1.29, 1.82) is 0 Å². The van der Waals surface area contributed by atoms with Gasteiger partial charge in [0.15, 0.2) is 0 Å². The number of halogens is 1. The molecule has 0 saturated carbocycles. The third-order valence-corrected chi connectivity index (χ3v) is 3.58. The fraction of sp³-hybridized carbons (Fsp3) is 0.125. The molecule has 0 bridgehead atoms. The van der Waals surface area contributed by atoms with E-state index in [0.717, 1.165) is 11.3 Å². The number of para-hydroxylation sites is 1. The normalized spacial score (nSPS) is 10.7. The zero-order chi connectivity index (χ0) is 15.5. The van der Waals surface area contributed by atoms with Crippen LogP contribution >= 0.6 is 11.6 Å². The van der Waals surface area contributed by atoms with Gasteiger partial charge < -0.3 is 9.84 Å². The molecule has 3 rings (SSSR count). The van der Waals surface area contributed by atoms with Crippen molar-refractivity contribution < 1.29 is 9.84 Å². The quantitative estimate of drug-likeness (QED) is 0.803. The lowest BCUT2D eigenvalue weighted by Gasteiger charge is -2.11. The maximum Gasteiger partial charge on any atom is 0.128 e. The molecule has 112 valence electrons. The van der Waals surface area contributed by atoms with Crippen LogP contribution in [0.3, 0.4) is 0 Å². The number of hydrogen-bond acceptors (Lipinski definition) is 4. The highest BCUT2D eigenvalue weighted by atomic mass is 35.5. The van der Waals surface area contributed by atoms with E-state index in [9.17, 15) is 5.11 Å². The van der Waals surface area contributed by atoms with Gasteiger partial charge >= 0.3 is 0 Å². The van der Waals surface area contributed by atoms with Crippen LogP contribution in [0, 0.1) is 0 Å². The van der Waals surface area contributed by atoms with E-state index in [1.807, 2.05) is 36.4 Å². The average molecular weight is 316 g/mol. The molecule has 1 N–H and O–H groups in total. The second kappa shape index (κ2) is 6.17. The third kappa shape index (κ3) is 2.56. The summed E-state index contributed by atoms with van der Waals surface area (Å²) in [5.74, 6) is 0.690. The summed E-state index contributed by atoms with van der Waals surface area (Å²) in [6.45, 7) is -0.207. The van der Waals surface area contributed by atoms with Crippen LogP contribution in [-0.4, -0.2) is 27.2 Å². The van der Waals surface area contributed by atoms with Crippen LogP contribution in [0.2, 0.25) is 5.02 Å². The number of ether oxygens (including phenoxy) is 1. The highest BCUT2D eigenvalue weighted by Gasteiger charge is 2.18. The Kier molecular flexibility index (Phi) is 4.09. The fourth-order valence-electron chi connectivity index (χ4n) is 2.29. The highest BCUT2D eigenvalue weighted by molar-refractivity contribution is 6.30. The van der Waals surface area contributed by atoms with Crippen molar-refractivity contribution in [2.24, 2.45) is 0 Å². The summed E-state index contributed by atoms with van der Waals surface area (Å²) < 4.78 is 7.07.